The third-order valence-corrected chi connectivity index (χ3v) is 4.02. The van der Waals surface area contributed by atoms with Gasteiger partial charge in [0.15, 0.2) is 0 Å². The highest BCUT2D eigenvalue weighted by atomic mass is 14.9. The van der Waals surface area contributed by atoms with Crippen LogP contribution in [0.2, 0.25) is 0 Å². The Morgan fingerprint density at radius 3 is 2.25 bits per heavy atom. The molecule has 0 spiro atoms. The van der Waals surface area contributed by atoms with Crippen molar-refractivity contribution >= 4 is 0 Å². The Morgan fingerprint density at radius 1 is 1.25 bits per heavy atom. The van der Waals surface area contributed by atoms with Crippen LogP contribution in [0.3, 0.4) is 0 Å². The summed E-state index contributed by atoms with van der Waals surface area (Å²) >= 11 is 0. The second-order valence-electron chi connectivity index (χ2n) is 5.15. The first-order chi connectivity index (χ1) is 5.64. The maximum Gasteiger partial charge on any atom is 0.0218 e. The van der Waals surface area contributed by atoms with Gasteiger partial charge in [0.05, 0.1) is 0 Å². The van der Waals surface area contributed by atoms with E-state index in [1.807, 2.05) is 0 Å². The van der Waals surface area contributed by atoms with Gasteiger partial charge in [-0.15, -0.1) is 0 Å². The fraction of sp³-hybridized carbons (Fsp3) is 1.00. The predicted molar refractivity (Wildman–Crippen MR) is 51.8 cm³/mol. The molecular formula is C11H21N. The van der Waals surface area contributed by atoms with Crippen LogP contribution in [-0.2, 0) is 0 Å². The Bertz CT molecular complexity index is 170. The first-order valence-corrected chi connectivity index (χ1v) is 5.43. The van der Waals surface area contributed by atoms with Gasteiger partial charge in [-0.1, -0.05) is 26.7 Å². The predicted octanol–water partition coefficient (Wildman–Crippen LogP) is 2.55. The van der Waals surface area contributed by atoms with E-state index in [4.69, 9.17) is 5.73 Å². The van der Waals surface area contributed by atoms with E-state index in [-0.39, 0.29) is 5.54 Å². The molecule has 0 aromatic heterocycles. The van der Waals surface area contributed by atoms with Crippen molar-refractivity contribution in [3.05, 3.63) is 0 Å². The molecule has 0 radical (unpaired) electrons. The van der Waals surface area contributed by atoms with Gasteiger partial charge in [0.1, 0.15) is 0 Å². The average Bonchev–Trinajstić information content (AvgIpc) is 2.52. The molecule has 1 nitrogen and oxygen atoms in total. The van der Waals surface area contributed by atoms with Crippen molar-refractivity contribution in [1.82, 2.24) is 0 Å². The van der Waals surface area contributed by atoms with Gasteiger partial charge < -0.3 is 5.73 Å². The van der Waals surface area contributed by atoms with Crippen LogP contribution in [0, 0.1) is 17.8 Å². The average molecular weight is 167 g/mol. The van der Waals surface area contributed by atoms with Crippen LogP contribution >= 0.6 is 0 Å². The smallest absolute Gasteiger partial charge is 0.0218 e. The van der Waals surface area contributed by atoms with E-state index in [0.717, 1.165) is 17.8 Å². The molecule has 0 aromatic rings. The van der Waals surface area contributed by atoms with E-state index in [2.05, 4.69) is 13.8 Å². The van der Waals surface area contributed by atoms with E-state index in [0.29, 0.717) is 0 Å². The van der Waals surface area contributed by atoms with Crippen LogP contribution in [0.15, 0.2) is 0 Å². The summed E-state index contributed by atoms with van der Waals surface area (Å²) in [5, 5.41) is 0. The van der Waals surface area contributed by atoms with E-state index >= 15 is 0 Å². The zero-order chi connectivity index (χ0) is 8.77. The molecule has 2 atom stereocenters. The minimum absolute atomic E-state index is 0.269. The van der Waals surface area contributed by atoms with Gasteiger partial charge >= 0.3 is 0 Å². The molecule has 2 aliphatic carbocycles. The quantitative estimate of drug-likeness (QED) is 0.672. The van der Waals surface area contributed by atoms with E-state index in [1.165, 1.54) is 32.1 Å². The first kappa shape index (κ1) is 8.55. The molecule has 2 unspecified atom stereocenters. The van der Waals surface area contributed by atoms with Crippen LogP contribution in [-0.4, -0.2) is 5.54 Å². The maximum atomic E-state index is 6.40. The Balaban J connectivity index is 1.96. The van der Waals surface area contributed by atoms with Gasteiger partial charge in [0.25, 0.3) is 0 Å². The molecule has 0 aromatic carbocycles. The number of hydrogen-bond donors (Lipinski definition) is 1. The van der Waals surface area contributed by atoms with E-state index < -0.39 is 0 Å². The molecule has 0 saturated heterocycles. The van der Waals surface area contributed by atoms with Crippen LogP contribution in [0.5, 0.6) is 0 Å². The largest absolute Gasteiger partial charge is 0.325 e. The molecule has 2 fully saturated rings. The summed E-state index contributed by atoms with van der Waals surface area (Å²) in [5.74, 6) is 2.50. The molecule has 2 rings (SSSR count). The van der Waals surface area contributed by atoms with Gasteiger partial charge in [-0.25, -0.2) is 0 Å². The Morgan fingerprint density at radius 2 is 1.83 bits per heavy atom. The highest BCUT2D eigenvalue weighted by Crippen LogP contribution is 2.55. The fourth-order valence-electron chi connectivity index (χ4n) is 3.11. The zero-order valence-corrected chi connectivity index (χ0v) is 8.34. The summed E-state index contributed by atoms with van der Waals surface area (Å²) in [4.78, 5) is 0. The highest BCUT2D eigenvalue weighted by molar-refractivity contribution is 5.13. The molecule has 2 N–H and O–H groups in total. The topological polar surface area (TPSA) is 26.0 Å². The van der Waals surface area contributed by atoms with Crippen molar-refractivity contribution in [3.8, 4) is 0 Å². The third-order valence-electron chi connectivity index (χ3n) is 4.02. The summed E-state index contributed by atoms with van der Waals surface area (Å²) in [5.41, 5.74) is 6.67. The molecule has 1 heteroatoms. The molecule has 70 valence electrons. The van der Waals surface area contributed by atoms with Crippen molar-refractivity contribution in [2.45, 2.75) is 51.5 Å². The maximum absolute atomic E-state index is 6.40. The summed E-state index contributed by atoms with van der Waals surface area (Å²) in [7, 11) is 0. The molecule has 0 bridgehead atoms. The Kier molecular flexibility index (Phi) is 1.95. The lowest BCUT2D eigenvalue weighted by atomic mass is 9.91. The molecule has 12 heavy (non-hydrogen) atoms. The monoisotopic (exact) mass is 167 g/mol. The second kappa shape index (κ2) is 2.73. The second-order valence-corrected chi connectivity index (χ2v) is 5.15. The summed E-state index contributed by atoms with van der Waals surface area (Å²) in [6.07, 6.45) is 6.96. The van der Waals surface area contributed by atoms with Gasteiger partial charge in [0.2, 0.25) is 0 Å². The molecule has 0 aliphatic heterocycles. The first-order valence-electron chi connectivity index (χ1n) is 5.43. The standard InChI is InChI=1S/C11H21N/c1-8(2)10-7-11(10,12)9-5-3-4-6-9/h8-10H,3-7,12H2,1-2H3. The van der Waals surface area contributed by atoms with Crippen LogP contribution in [0.1, 0.15) is 46.0 Å². The summed E-state index contributed by atoms with van der Waals surface area (Å²) in [6, 6.07) is 0. The van der Waals surface area contributed by atoms with Gasteiger partial charge in [-0.3, -0.25) is 0 Å². The van der Waals surface area contributed by atoms with E-state index in [1.54, 1.807) is 0 Å². The minimum atomic E-state index is 0.269. The van der Waals surface area contributed by atoms with Gasteiger partial charge in [0, 0.05) is 5.54 Å². The zero-order valence-electron chi connectivity index (χ0n) is 8.34. The number of rotatable bonds is 2. The summed E-state index contributed by atoms with van der Waals surface area (Å²) < 4.78 is 0. The molecule has 0 amide bonds. The number of nitrogens with two attached hydrogens (primary N) is 1. The molecular weight excluding hydrogens is 146 g/mol. The van der Waals surface area contributed by atoms with Crippen LogP contribution in [0.4, 0.5) is 0 Å². The molecule has 2 aliphatic rings. The molecule has 2 saturated carbocycles. The van der Waals surface area contributed by atoms with Crippen molar-refractivity contribution in [1.29, 1.82) is 0 Å². The normalized spacial score (nSPS) is 42.5. The third kappa shape index (κ3) is 1.19. The lowest BCUT2D eigenvalue weighted by molar-refractivity contribution is 0.353. The van der Waals surface area contributed by atoms with Crippen molar-refractivity contribution < 1.29 is 0 Å². The highest BCUT2D eigenvalue weighted by Gasteiger charge is 2.56. The van der Waals surface area contributed by atoms with Crippen molar-refractivity contribution in [2.75, 3.05) is 0 Å². The minimum Gasteiger partial charge on any atom is -0.325 e. The van der Waals surface area contributed by atoms with Crippen LogP contribution in [0.25, 0.3) is 0 Å². The SMILES string of the molecule is CC(C)C1CC1(N)C1CCCC1. The fourth-order valence-corrected chi connectivity index (χ4v) is 3.11. The van der Waals surface area contributed by atoms with Gasteiger partial charge in [-0.05, 0) is 37.0 Å². The lowest BCUT2D eigenvalue weighted by Crippen LogP contribution is -2.34. The van der Waals surface area contributed by atoms with Crippen molar-refractivity contribution in [2.24, 2.45) is 23.5 Å². The van der Waals surface area contributed by atoms with Gasteiger partial charge in [-0.2, -0.15) is 0 Å². The Hall–Kier alpha value is -0.0400. The van der Waals surface area contributed by atoms with Crippen molar-refractivity contribution in [3.63, 3.8) is 0 Å². The molecule has 0 heterocycles. The number of hydrogen-bond acceptors (Lipinski definition) is 1. The van der Waals surface area contributed by atoms with E-state index in [9.17, 15) is 0 Å². The Labute approximate surface area is 75.7 Å². The van der Waals surface area contributed by atoms with Crippen LogP contribution < -0.4 is 5.73 Å². The summed E-state index contributed by atoms with van der Waals surface area (Å²) in [6.45, 7) is 4.63. The lowest BCUT2D eigenvalue weighted by Gasteiger charge is -2.20.